The Morgan fingerprint density at radius 3 is 2.94 bits per heavy atom. The molecular formula is C11H14N6O. The molecule has 0 saturated carbocycles. The minimum absolute atomic E-state index is 0.224. The molecule has 7 nitrogen and oxygen atoms in total. The van der Waals surface area contributed by atoms with Gasteiger partial charge in [-0.05, 0) is 29.0 Å². The number of hydrogen-bond donors (Lipinski definition) is 2. The first-order valence-corrected chi connectivity index (χ1v) is 5.61. The number of carbonyl (C=O) groups excluding carboxylic acids is 1. The maximum absolute atomic E-state index is 11.8. The standard InChI is InChI=1S/C11H14N6O/c1-2-8(12)11(18)14-9-5-3-4-6-10(9)17-7-13-15-16-17/h3-8H,2,12H2,1H3,(H,14,18)/t8-/m0/s1. The second-order valence-electron chi connectivity index (χ2n) is 3.78. The molecule has 0 radical (unpaired) electrons. The van der Waals surface area contributed by atoms with Gasteiger partial charge in [-0.2, -0.15) is 4.68 Å². The van der Waals surface area contributed by atoms with Gasteiger partial charge in [0.25, 0.3) is 0 Å². The molecule has 0 unspecified atom stereocenters. The summed E-state index contributed by atoms with van der Waals surface area (Å²) >= 11 is 0. The number of carbonyl (C=O) groups is 1. The molecule has 1 heterocycles. The van der Waals surface area contributed by atoms with Gasteiger partial charge in [-0.15, -0.1) is 5.10 Å². The van der Waals surface area contributed by atoms with Crippen molar-refractivity contribution in [3.8, 4) is 5.69 Å². The van der Waals surface area contributed by atoms with Gasteiger partial charge < -0.3 is 11.1 Å². The number of para-hydroxylation sites is 2. The highest BCUT2D eigenvalue weighted by molar-refractivity contribution is 5.96. The summed E-state index contributed by atoms with van der Waals surface area (Å²) in [6, 6.07) is 6.72. The van der Waals surface area contributed by atoms with Crippen LogP contribution in [-0.4, -0.2) is 32.2 Å². The molecule has 3 N–H and O–H groups in total. The summed E-state index contributed by atoms with van der Waals surface area (Å²) in [4.78, 5) is 11.8. The monoisotopic (exact) mass is 246 g/mol. The Hall–Kier alpha value is -2.28. The zero-order valence-electron chi connectivity index (χ0n) is 9.95. The first kappa shape index (κ1) is 12.2. The molecule has 0 bridgehead atoms. The zero-order valence-corrected chi connectivity index (χ0v) is 9.95. The van der Waals surface area contributed by atoms with Crippen molar-refractivity contribution in [1.29, 1.82) is 0 Å². The molecule has 1 aromatic carbocycles. The van der Waals surface area contributed by atoms with Crippen molar-refractivity contribution >= 4 is 11.6 Å². The summed E-state index contributed by atoms with van der Waals surface area (Å²) in [5, 5.41) is 13.7. The largest absolute Gasteiger partial charge is 0.323 e. The van der Waals surface area contributed by atoms with Crippen LogP contribution in [0.1, 0.15) is 13.3 Å². The molecule has 1 aromatic heterocycles. The highest BCUT2D eigenvalue weighted by Crippen LogP contribution is 2.18. The molecule has 0 aliphatic heterocycles. The van der Waals surface area contributed by atoms with Crippen molar-refractivity contribution in [2.75, 3.05) is 5.32 Å². The van der Waals surface area contributed by atoms with E-state index in [0.29, 0.717) is 17.8 Å². The van der Waals surface area contributed by atoms with E-state index in [1.807, 2.05) is 25.1 Å². The highest BCUT2D eigenvalue weighted by atomic mass is 16.2. The van der Waals surface area contributed by atoms with Crippen LogP contribution < -0.4 is 11.1 Å². The number of hydrogen-bond acceptors (Lipinski definition) is 5. The molecule has 1 atom stereocenters. The van der Waals surface area contributed by atoms with Gasteiger partial charge in [-0.25, -0.2) is 0 Å². The Balaban J connectivity index is 2.26. The van der Waals surface area contributed by atoms with Crippen molar-refractivity contribution in [1.82, 2.24) is 20.2 Å². The zero-order chi connectivity index (χ0) is 13.0. The lowest BCUT2D eigenvalue weighted by Crippen LogP contribution is -2.35. The normalized spacial score (nSPS) is 12.1. The molecule has 0 saturated heterocycles. The molecule has 0 fully saturated rings. The maximum atomic E-state index is 11.8. The quantitative estimate of drug-likeness (QED) is 0.810. The average molecular weight is 246 g/mol. The average Bonchev–Trinajstić information content (AvgIpc) is 2.92. The number of benzene rings is 1. The number of nitrogens with zero attached hydrogens (tertiary/aromatic N) is 4. The van der Waals surface area contributed by atoms with Crippen LogP contribution >= 0.6 is 0 Å². The van der Waals surface area contributed by atoms with Gasteiger partial charge in [0, 0.05) is 0 Å². The van der Waals surface area contributed by atoms with Crippen LogP contribution in [0.15, 0.2) is 30.6 Å². The number of aromatic nitrogens is 4. The van der Waals surface area contributed by atoms with Crippen LogP contribution in [0, 0.1) is 0 Å². The van der Waals surface area contributed by atoms with Gasteiger partial charge in [0.1, 0.15) is 6.33 Å². The summed E-state index contributed by atoms with van der Waals surface area (Å²) < 4.78 is 1.48. The first-order chi connectivity index (χ1) is 8.72. The highest BCUT2D eigenvalue weighted by Gasteiger charge is 2.13. The van der Waals surface area contributed by atoms with E-state index in [1.54, 1.807) is 6.07 Å². The summed E-state index contributed by atoms with van der Waals surface area (Å²) in [5.74, 6) is -0.224. The Kier molecular flexibility index (Phi) is 3.63. The lowest BCUT2D eigenvalue weighted by atomic mass is 10.2. The topological polar surface area (TPSA) is 98.7 Å². The van der Waals surface area contributed by atoms with Gasteiger partial charge in [0.05, 0.1) is 17.4 Å². The molecule has 94 valence electrons. The van der Waals surface area contributed by atoms with Gasteiger partial charge in [-0.3, -0.25) is 4.79 Å². The fourth-order valence-electron chi connectivity index (χ4n) is 1.46. The fourth-order valence-corrected chi connectivity index (χ4v) is 1.46. The van der Waals surface area contributed by atoms with E-state index in [1.165, 1.54) is 11.0 Å². The molecule has 0 aliphatic carbocycles. The van der Waals surface area contributed by atoms with Crippen LogP contribution in [0.2, 0.25) is 0 Å². The van der Waals surface area contributed by atoms with Gasteiger partial charge in [-0.1, -0.05) is 19.1 Å². The molecule has 18 heavy (non-hydrogen) atoms. The number of tetrazole rings is 1. The minimum Gasteiger partial charge on any atom is -0.323 e. The number of anilines is 1. The van der Waals surface area contributed by atoms with Crippen molar-refractivity contribution in [2.24, 2.45) is 5.73 Å². The summed E-state index contributed by atoms with van der Waals surface area (Å²) in [5.41, 5.74) is 6.99. The van der Waals surface area contributed by atoms with E-state index in [4.69, 9.17) is 5.73 Å². The maximum Gasteiger partial charge on any atom is 0.241 e. The smallest absolute Gasteiger partial charge is 0.241 e. The van der Waals surface area contributed by atoms with E-state index in [-0.39, 0.29) is 5.91 Å². The molecule has 7 heteroatoms. The third-order valence-corrected chi connectivity index (χ3v) is 2.53. The number of nitrogens with one attached hydrogen (secondary N) is 1. The Morgan fingerprint density at radius 1 is 1.50 bits per heavy atom. The summed E-state index contributed by atoms with van der Waals surface area (Å²) in [6.07, 6.45) is 2.05. The van der Waals surface area contributed by atoms with Crippen LogP contribution in [0.3, 0.4) is 0 Å². The lowest BCUT2D eigenvalue weighted by molar-refractivity contribution is -0.117. The van der Waals surface area contributed by atoms with E-state index >= 15 is 0 Å². The van der Waals surface area contributed by atoms with E-state index < -0.39 is 6.04 Å². The number of amides is 1. The predicted molar refractivity (Wildman–Crippen MR) is 66.1 cm³/mol. The molecule has 0 spiro atoms. The van der Waals surface area contributed by atoms with Crippen molar-refractivity contribution in [3.05, 3.63) is 30.6 Å². The van der Waals surface area contributed by atoms with Crippen molar-refractivity contribution in [2.45, 2.75) is 19.4 Å². The SMILES string of the molecule is CC[C@H](N)C(=O)Nc1ccccc1-n1cnnn1. The number of nitrogens with two attached hydrogens (primary N) is 1. The summed E-state index contributed by atoms with van der Waals surface area (Å²) in [6.45, 7) is 1.86. The molecule has 2 aromatic rings. The molecule has 2 rings (SSSR count). The minimum atomic E-state index is -0.521. The van der Waals surface area contributed by atoms with Gasteiger partial charge >= 0.3 is 0 Å². The summed E-state index contributed by atoms with van der Waals surface area (Å²) in [7, 11) is 0. The molecule has 0 aliphatic rings. The Bertz CT molecular complexity index is 524. The second-order valence-corrected chi connectivity index (χ2v) is 3.78. The van der Waals surface area contributed by atoms with Gasteiger partial charge in [0.2, 0.25) is 5.91 Å². The van der Waals surface area contributed by atoms with Crippen LogP contribution in [-0.2, 0) is 4.79 Å². The number of rotatable bonds is 4. The predicted octanol–water partition coefficient (Wildman–Crippen LogP) is 0.338. The van der Waals surface area contributed by atoms with Gasteiger partial charge in [0.15, 0.2) is 0 Å². The van der Waals surface area contributed by atoms with E-state index in [2.05, 4.69) is 20.8 Å². The third kappa shape index (κ3) is 2.51. The second kappa shape index (κ2) is 5.37. The van der Waals surface area contributed by atoms with E-state index in [0.717, 1.165) is 0 Å². The van der Waals surface area contributed by atoms with Crippen molar-refractivity contribution in [3.63, 3.8) is 0 Å². The molecule has 1 amide bonds. The molecular weight excluding hydrogens is 232 g/mol. The Morgan fingerprint density at radius 2 is 2.28 bits per heavy atom. The first-order valence-electron chi connectivity index (χ1n) is 5.61. The third-order valence-electron chi connectivity index (χ3n) is 2.53. The Labute approximate surface area is 104 Å². The lowest BCUT2D eigenvalue weighted by Gasteiger charge is -2.12. The van der Waals surface area contributed by atoms with Crippen LogP contribution in [0.4, 0.5) is 5.69 Å². The van der Waals surface area contributed by atoms with E-state index in [9.17, 15) is 4.79 Å². The van der Waals surface area contributed by atoms with Crippen LogP contribution in [0.25, 0.3) is 5.69 Å². The van der Waals surface area contributed by atoms with Crippen LogP contribution in [0.5, 0.6) is 0 Å². The van der Waals surface area contributed by atoms with Crippen molar-refractivity contribution < 1.29 is 4.79 Å². The fraction of sp³-hybridized carbons (Fsp3) is 0.273.